The summed E-state index contributed by atoms with van der Waals surface area (Å²) in [6, 6.07) is 14.6. The van der Waals surface area contributed by atoms with Gasteiger partial charge in [-0.25, -0.2) is 0 Å². The van der Waals surface area contributed by atoms with Gasteiger partial charge in [-0.2, -0.15) is 0 Å². The Bertz CT molecular complexity index is 778. The Morgan fingerprint density at radius 3 is 2.54 bits per heavy atom. The molecule has 2 atom stereocenters. The molecule has 1 aliphatic rings. The maximum absolute atomic E-state index is 12.4. The molecule has 138 valence electrons. The standard InChI is InChI=1S/C20H21Cl2NO3/c1-13(26-16-9-5-8-15(21)17(16)22)19(25)23-12-20(10-11-20)18(24)14-6-3-2-4-7-14/h2-9,13,18,24H,10-12H2,1H3,(H,23,25)/t13-,18-/m0/s1. The predicted molar refractivity (Wildman–Crippen MR) is 103 cm³/mol. The molecule has 1 aliphatic carbocycles. The Labute approximate surface area is 163 Å². The summed E-state index contributed by atoms with van der Waals surface area (Å²) in [5.74, 6) is 0.111. The number of hydrogen-bond donors (Lipinski definition) is 2. The van der Waals surface area contributed by atoms with Crippen molar-refractivity contribution >= 4 is 29.1 Å². The molecule has 4 nitrogen and oxygen atoms in total. The van der Waals surface area contributed by atoms with Gasteiger partial charge in [-0.05, 0) is 37.5 Å². The maximum Gasteiger partial charge on any atom is 0.260 e. The van der Waals surface area contributed by atoms with Gasteiger partial charge >= 0.3 is 0 Å². The minimum atomic E-state index is -0.726. The first kappa shape index (κ1) is 19.0. The second-order valence-corrected chi connectivity index (χ2v) is 7.49. The van der Waals surface area contributed by atoms with Gasteiger partial charge in [0, 0.05) is 12.0 Å². The van der Waals surface area contributed by atoms with Crippen LogP contribution in [0.3, 0.4) is 0 Å². The summed E-state index contributed by atoms with van der Waals surface area (Å²) in [4.78, 5) is 12.4. The summed E-state index contributed by atoms with van der Waals surface area (Å²) in [6.45, 7) is 2.05. The quantitative estimate of drug-likeness (QED) is 0.732. The second-order valence-electron chi connectivity index (χ2n) is 6.71. The predicted octanol–water partition coefficient (Wildman–Crippen LogP) is 4.39. The van der Waals surface area contributed by atoms with Gasteiger partial charge in [0.1, 0.15) is 10.8 Å². The average Bonchev–Trinajstić information content (AvgIpc) is 3.44. The Balaban J connectivity index is 1.57. The van der Waals surface area contributed by atoms with E-state index in [-0.39, 0.29) is 16.3 Å². The van der Waals surface area contributed by atoms with Crippen molar-refractivity contribution in [2.75, 3.05) is 6.54 Å². The second kappa shape index (κ2) is 7.87. The highest BCUT2D eigenvalue weighted by atomic mass is 35.5. The van der Waals surface area contributed by atoms with Crippen molar-refractivity contribution in [3.63, 3.8) is 0 Å². The van der Waals surface area contributed by atoms with Crippen molar-refractivity contribution in [2.45, 2.75) is 32.0 Å². The van der Waals surface area contributed by atoms with Gasteiger partial charge in [-0.15, -0.1) is 0 Å². The van der Waals surface area contributed by atoms with Gasteiger partial charge in [-0.3, -0.25) is 4.79 Å². The van der Waals surface area contributed by atoms with Gasteiger partial charge in [0.15, 0.2) is 6.10 Å². The van der Waals surface area contributed by atoms with Gasteiger partial charge in [0.05, 0.1) is 11.1 Å². The van der Waals surface area contributed by atoms with Crippen molar-refractivity contribution in [1.82, 2.24) is 5.32 Å². The van der Waals surface area contributed by atoms with E-state index >= 15 is 0 Å². The zero-order valence-electron chi connectivity index (χ0n) is 14.4. The molecule has 6 heteroatoms. The molecule has 0 aliphatic heterocycles. The summed E-state index contributed by atoms with van der Waals surface area (Å²) in [6.07, 6.45) is 0.426. The fourth-order valence-corrected chi connectivity index (χ4v) is 3.26. The van der Waals surface area contributed by atoms with Crippen LogP contribution in [-0.2, 0) is 4.79 Å². The Hall–Kier alpha value is -1.75. The molecule has 3 rings (SSSR count). The molecule has 0 aromatic heterocycles. The monoisotopic (exact) mass is 393 g/mol. The first-order valence-electron chi connectivity index (χ1n) is 8.54. The van der Waals surface area contributed by atoms with Crippen molar-refractivity contribution in [3.05, 3.63) is 64.1 Å². The Morgan fingerprint density at radius 1 is 1.19 bits per heavy atom. The highest BCUT2D eigenvalue weighted by molar-refractivity contribution is 6.42. The van der Waals surface area contributed by atoms with Crippen LogP contribution in [0.1, 0.15) is 31.4 Å². The highest BCUT2D eigenvalue weighted by Crippen LogP contribution is 2.54. The molecule has 0 saturated heterocycles. The molecule has 0 radical (unpaired) electrons. The molecule has 0 unspecified atom stereocenters. The number of aliphatic hydroxyl groups excluding tert-OH is 1. The number of ether oxygens (including phenoxy) is 1. The summed E-state index contributed by atoms with van der Waals surface area (Å²) in [7, 11) is 0. The molecular formula is C20H21Cl2NO3. The third-order valence-corrected chi connectivity index (χ3v) is 5.59. The number of nitrogens with one attached hydrogen (secondary N) is 1. The van der Waals surface area contributed by atoms with Gasteiger partial charge < -0.3 is 15.2 Å². The van der Waals surface area contributed by atoms with E-state index in [0.29, 0.717) is 17.3 Å². The van der Waals surface area contributed by atoms with Crippen LogP contribution >= 0.6 is 23.2 Å². The van der Waals surface area contributed by atoms with Crippen LogP contribution in [0.5, 0.6) is 5.75 Å². The molecule has 1 amide bonds. The van der Waals surface area contributed by atoms with E-state index in [0.717, 1.165) is 18.4 Å². The molecule has 26 heavy (non-hydrogen) atoms. The van der Waals surface area contributed by atoms with E-state index in [1.807, 2.05) is 30.3 Å². The zero-order chi connectivity index (χ0) is 18.7. The number of benzene rings is 2. The summed E-state index contributed by atoms with van der Waals surface area (Å²) in [5, 5.41) is 14.2. The van der Waals surface area contributed by atoms with Crippen LogP contribution < -0.4 is 10.1 Å². The molecule has 2 aromatic rings. The lowest BCUT2D eigenvalue weighted by atomic mass is 9.92. The topological polar surface area (TPSA) is 58.6 Å². The van der Waals surface area contributed by atoms with E-state index in [2.05, 4.69) is 5.32 Å². The zero-order valence-corrected chi connectivity index (χ0v) is 15.9. The molecule has 1 saturated carbocycles. The van der Waals surface area contributed by atoms with Gasteiger partial charge in [0.2, 0.25) is 0 Å². The van der Waals surface area contributed by atoms with Crippen LogP contribution in [-0.4, -0.2) is 23.7 Å². The fourth-order valence-electron chi connectivity index (χ4n) is 2.92. The van der Waals surface area contributed by atoms with E-state index in [4.69, 9.17) is 27.9 Å². The van der Waals surface area contributed by atoms with Crippen molar-refractivity contribution < 1.29 is 14.6 Å². The number of rotatable bonds is 7. The van der Waals surface area contributed by atoms with Crippen LogP contribution in [0.2, 0.25) is 10.0 Å². The van der Waals surface area contributed by atoms with Gasteiger partial charge in [0.25, 0.3) is 5.91 Å². The largest absolute Gasteiger partial charge is 0.479 e. The van der Waals surface area contributed by atoms with Crippen LogP contribution in [0, 0.1) is 5.41 Å². The molecular weight excluding hydrogens is 373 g/mol. The fraction of sp³-hybridized carbons (Fsp3) is 0.350. The number of aliphatic hydroxyl groups is 1. The summed E-state index contributed by atoms with van der Waals surface area (Å²) < 4.78 is 5.63. The maximum atomic E-state index is 12.4. The lowest BCUT2D eigenvalue weighted by Crippen LogP contribution is -2.40. The molecule has 1 fully saturated rings. The molecule has 0 heterocycles. The lowest BCUT2D eigenvalue weighted by molar-refractivity contribution is -0.127. The summed E-state index contributed by atoms with van der Waals surface area (Å²) in [5.41, 5.74) is 0.569. The molecule has 0 spiro atoms. The number of amides is 1. The van der Waals surface area contributed by atoms with Crippen LogP contribution in [0.4, 0.5) is 0 Å². The van der Waals surface area contributed by atoms with Crippen molar-refractivity contribution in [1.29, 1.82) is 0 Å². The number of carbonyl (C=O) groups is 1. The molecule has 2 N–H and O–H groups in total. The number of hydrogen-bond acceptors (Lipinski definition) is 3. The molecule has 0 bridgehead atoms. The number of halogens is 2. The minimum Gasteiger partial charge on any atom is -0.479 e. The van der Waals surface area contributed by atoms with Crippen molar-refractivity contribution in [2.24, 2.45) is 5.41 Å². The lowest BCUT2D eigenvalue weighted by Gasteiger charge is -2.24. The van der Waals surface area contributed by atoms with E-state index in [9.17, 15) is 9.90 Å². The Morgan fingerprint density at radius 2 is 1.88 bits per heavy atom. The van der Waals surface area contributed by atoms with Crippen LogP contribution in [0.25, 0.3) is 0 Å². The summed E-state index contributed by atoms with van der Waals surface area (Å²) >= 11 is 12.0. The van der Waals surface area contributed by atoms with E-state index in [1.54, 1.807) is 25.1 Å². The number of carbonyl (C=O) groups excluding carboxylic acids is 1. The Kier molecular flexibility index (Phi) is 5.76. The van der Waals surface area contributed by atoms with E-state index < -0.39 is 12.2 Å². The normalized spacial score (nSPS) is 17.2. The van der Waals surface area contributed by atoms with Crippen LogP contribution in [0.15, 0.2) is 48.5 Å². The third-order valence-electron chi connectivity index (χ3n) is 4.79. The first-order valence-corrected chi connectivity index (χ1v) is 9.30. The third kappa shape index (κ3) is 4.14. The first-order chi connectivity index (χ1) is 12.4. The SMILES string of the molecule is C[C@H](Oc1cccc(Cl)c1Cl)C(=O)NCC1([C@@H](O)c2ccccc2)CC1. The minimum absolute atomic E-state index is 0.257. The average molecular weight is 394 g/mol. The van der Waals surface area contributed by atoms with Gasteiger partial charge in [-0.1, -0.05) is 59.6 Å². The van der Waals surface area contributed by atoms with Crippen molar-refractivity contribution in [3.8, 4) is 5.75 Å². The van der Waals surface area contributed by atoms with E-state index in [1.165, 1.54) is 0 Å². The smallest absolute Gasteiger partial charge is 0.260 e. The molecule has 2 aromatic carbocycles. The highest BCUT2D eigenvalue weighted by Gasteiger charge is 2.49.